The Morgan fingerprint density at radius 2 is 1.70 bits per heavy atom. The lowest BCUT2D eigenvalue weighted by Crippen LogP contribution is -2.37. The SMILES string of the molecule is CS(=O)(=O)N(CC(=O)Nc1cccc2ccccc12)c1ccc(Cl)c(Cl)c1. The molecule has 0 aromatic heterocycles. The molecule has 0 heterocycles. The fourth-order valence-corrected chi connectivity index (χ4v) is 3.84. The molecule has 3 aromatic carbocycles. The van der Waals surface area contributed by atoms with Gasteiger partial charge in [-0.2, -0.15) is 0 Å². The largest absolute Gasteiger partial charge is 0.324 e. The van der Waals surface area contributed by atoms with E-state index in [-0.39, 0.29) is 17.3 Å². The molecule has 140 valence electrons. The smallest absolute Gasteiger partial charge is 0.245 e. The monoisotopic (exact) mass is 422 g/mol. The Balaban J connectivity index is 1.88. The standard InChI is InChI=1S/C19H16Cl2N2O3S/c1-27(25,26)23(14-9-10-16(20)17(21)11-14)12-19(24)22-18-8-4-6-13-5-2-3-7-15(13)18/h2-11H,12H2,1H3,(H,22,24). The fraction of sp³-hybridized carbons (Fsp3) is 0.105. The summed E-state index contributed by atoms with van der Waals surface area (Å²) in [5.41, 5.74) is 0.876. The van der Waals surface area contributed by atoms with Crippen LogP contribution in [0.5, 0.6) is 0 Å². The van der Waals surface area contributed by atoms with Gasteiger partial charge in [0.2, 0.25) is 15.9 Å². The lowest BCUT2D eigenvalue weighted by molar-refractivity contribution is -0.114. The normalized spacial score (nSPS) is 11.4. The number of nitrogens with zero attached hydrogens (tertiary/aromatic N) is 1. The first-order valence-corrected chi connectivity index (χ1v) is 10.6. The van der Waals surface area contributed by atoms with Crippen molar-refractivity contribution in [3.8, 4) is 0 Å². The zero-order valence-electron chi connectivity index (χ0n) is 14.3. The molecule has 0 spiro atoms. The molecule has 0 aliphatic heterocycles. The summed E-state index contributed by atoms with van der Waals surface area (Å²) in [6.07, 6.45) is 1.03. The van der Waals surface area contributed by atoms with Crippen LogP contribution in [0.3, 0.4) is 0 Å². The molecule has 0 saturated heterocycles. The van der Waals surface area contributed by atoms with Gasteiger partial charge in [0.05, 0.1) is 22.0 Å². The maximum atomic E-state index is 12.6. The Kier molecular flexibility index (Phi) is 5.60. The molecule has 8 heteroatoms. The summed E-state index contributed by atoms with van der Waals surface area (Å²) in [4.78, 5) is 12.6. The van der Waals surface area contributed by atoms with E-state index in [2.05, 4.69) is 5.32 Å². The number of anilines is 2. The molecule has 0 unspecified atom stereocenters. The maximum absolute atomic E-state index is 12.6. The Morgan fingerprint density at radius 1 is 1.00 bits per heavy atom. The molecule has 27 heavy (non-hydrogen) atoms. The third-order valence-corrected chi connectivity index (χ3v) is 5.82. The van der Waals surface area contributed by atoms with Crippen LogP contribution < -0.4 is 9.62 Å². The predicted molar refractivity (Wildman–Crippen MR) is 111 cm³/mol. The van der Waals surface area contributed by atoms with E-state index in [0.717, 1.165) is 21.3 Å². The average molecular weight is 423 g/mol. The second-order valence-corrected chi connectivity index (χ2v) is 8.66. The van der Waals surface area contributed by atoms with Crippen molar-refractivity contribution in [2.24, 2.45) is 0 Å². The van der Waals surface area contributed by atoms with Gasteiger partial charge in [-0.25, -0.2) is 8.42 Å². The number of hydrogen-bond acceptors (Lipinski definition) is 3. The highest BCUT2D eigenvalue weighted by Gasteiger charge is 2.22. The second kappa shape index (κ2) is 7.76. The van der Waals surface area contributed by atoms with Gasteiger partial charge in [-0.1, -0.05) is 59.6 Å². The lowest BCUT2D eigenvalue weighted by atomic mass is 10.1. The summed E-state index contributed by atoms with van der Waals surface area (Å²) in [5.74, 6) is -0.470. The van der Waals surface area contributed by atoms with Crippen molar-refractivity contribution in [3.05, 3.63) is 70.7 Å². The van der Waals surface area contributed by atoms with Gasteiger partial charge < -0.3 is 5.32 Å². The number of amides is 1. The van der Waals surface area contributed by atoms with E-state index in [4.69, 9.17) is 23.2 Å². The van der Waals surface area contributed by atoms with Gasteiger partial charge in [0.15, 0.2) is 0 Å². The Morgan fingerprint density at radius 3 is 2.41 bits per heavy atom. The summed E-state index contributed by atoms with van der Waals surface area (Å²) in [6.45, 7) is -0.389. The molecule has 0 aliphatic carbocycles. The van der Waals surface area contributed by atoms with Crippen molar-refractivity contribution in [2.75, 3.05) is 22.4 Å². The molecule has 0 fully saturated rings. The fourth-order valence-electron chi connectivity index (χ4n) is 2.69. The van der Waals surface area contributed by atoms with Crippen LogP contribution in [0, 0.1) is 0 Å². The molecule has 0 radical (unpaired) electrons. The van der Waals surface area contributed by atoms with Gasteiger partial charge in [0, 0.05) is 11.1 Å². The quantitative estimate of drug-likeness (QED) is 0.655. The molecule has 0 aliphatic rings. The van der Waals surface area contributed by atoms with Crippen molar-refractivity contribution in [1.82, 2.24) is 0 Å². The zero-order valence-corrected chi connectivity index (χ0v) is 16.6. The number of carbonyl (C=O) groups is 1. The molecule has 3 aromatic rings. The van der Waals surface area contributed by atoms with Gasteiger partial charge in [0.1, 0.15) is 6.54 Å². The van der Waals surface area contributed by atoms with E-state index < -0.39 is 15.9 Å². The molecule has 0 bridgehead atoms. The van der Waals surface area contributed by atoms with Gasteiger partial charge in [-0.15, -0.1) is 0 Å². The van der Waals surface area contributed by atoms with Crippen LogP contribution in [0.15, 0.2) is 60.7 Å². The highest BCUT2D eigenvalue weighted by molar-refractivity contribution is 7.92. The number of hydrogen-bond donors (Lipinski definition) is 1. The Hall–Kier alpha value is -2.28. The highest BCUT2D eigenvalue weighted by atomic mass is 35.5. The summed E-state index contributed by atoms with van der Waals surface area (Å²) in [6, 6.07) is 17.5. The summed E-state index contributed by atoms with van der Waals surface area (Å²) < 4.78 is 25.4. The minimum atomic E-state index is -3.71. The molecule has 0 saturated carbocycles. The van der Waals surface area contributed by atoms with Gasteiger partial charge in [0.25, 0.3) is 0 Å². The predicted octanol–water partition coefficient (Wildman–Crippen LogP) is 4.55. The van der Waals surface area contributed by atoms with Crippen LogP contribution in [0.25, 0.3) is 10.8 Å². The van der Waals surface area contributed by atoms with Crippen LogP contribution in [0.2, 0.25) is 10.0 Å². The van der Waals surface area contributed by atoms with Crippen LogP contribution in [0.4, 0.5) is 11.4 Å². The summed E-state index contributed by atoms with van der Waals surface area (Å²) in [7, 11) is -3.71. The van der Waals surface area contributed by atoms with E-state index in [1.165, 1.54) is 18.2 Å². The Bertz CT molecular complexity index is 1110. The summed E-state index contributed by atoms with van der Waals surface area (Å²) in [5, 5.41) is 5.13. The number of fused-ring (bicyclic) bond motifs is 1. The second-order valence-electron chi connectivity index (χ2n) is 5.94. The van der Waals surface area contributed by atoms with Crippen LogP contribution in [-0.4, -0.2) is 27.1 Å². The Labute approximate surface area is 167 Å². The van der Waals surface area contributed by atoms with E-state index >= 15 is 0 Å². The first-order chi connectivity index (χ1) is 12.8. The molecule has 0 atom stereocenters. The number of sulfonamides is 1. The maximum Gasteiger partial charge on any atom is 0.245 e. The number of nitrogens with one attached hydrogen (secondary N) is 1. The molecule has 5 nitrogen and oxygen atoms in total. The molecule has 1 amide bonds. The van der Waals surface area contributed by atoms with E-state index in [1.54, 1.807) is 6.07 Å². The number of halogens is 2. The van der Waals surface area contributed by atoms with E-state index in [9.17, 15) is 13.2 Å². The van der Waals surface area contributed by atoms with Crippen molar-refractivity contribution in [1.29, 1.82) is 0 Å². The third kappa shape index (κ3) is 4.53. The molecular formula is C19H16Cl2N2O3S. The van der Waals surface area contributed by atoms with E-state index in [0.29, 0.717) is 10.7 Å². The third-order valence-electron chi connectivity index (χ3n) is 3.94. The first kappa shape index (κ1) is 19.5. The summed E-state index contributed by atoms with van der Waals surface area (Å²) >= 11 is 11.9. The number of rotatable bonds is 5. The van der Waals surface area contributed by atoms with Crippen LogP contribution >= 0.6 is 23.2 Å². The minimum absolute atomic E-state index is 0.206. The van der Waals surface area contributed by atoms with Crippen molar-refractivity contribution >= 4 is 61.3 Å². The van der Waals surface area contributed by atoms with E-state index in [1.807, 2.05) is 36.4 Å². The molecule has 1 N–H and O–H groups in total. The van der Waals surface area contributed by atoms with Gasteiger partial charge in [-0.3, -0.25) is 9.10 Å². The first-order valence-electron chi connectivity index (χ1n) is 7.96. The number of carbonyl (C=O) groups excluding carboxylic acids is 1. The van der Waals surface area contributed by atoms with Crippen molar-refractivity contribution in [2.45, 2.75) is 0 Å². The average Bonchev–Trinajstić information content (AvgIpc) is 2.61. The van der Waals surface area contributed by atoms with Gasteiger partial charge in [-0.05, 0) is 29.7 Å². The molecular weight excluding hydrogens is 407 g/mol. The van der Waals surface area contributed by atoms with Crippen LogP contribution in [-0.2, 0) is 14.8 Å². The van der Waals surface area contributed by atoms with Gasteiger partial charge >= 0.3 is 0 Å². The van der Waals surface area contributed by atoms with Crippen LogP contribution in [0.1, 0.15) is 0 Å². The zero-order chi connectivity index (χ0) is 19.6. The lowest BCUT2D eigenvalue weighted by Gasteiger charge is -2.22. The number of benzene rings is 3. The topological polar surface area (TPSA) is 66.5 Å². The molecule has 3 rings (SSSR count). The minimum Gasteiger partial charge on any atom is -0.324 e. The van der Waals surface area contributed by atoms with Crippen molar-refractivity contribution in [3.63, 3.8) is 0 Å². The highest BCUT2D eigenvalue weighted by Crippen LogP contribution is 2.28. The van der Waals surface area contributed by atoms with Crippen molar-refractivity contribution < 1.29 is 13.2 Å².